The molecule has 5 rings (SSSR count). The predicted molar refractivity (Wildman–Crippen MR) is 187 cm³/mol. The molecular weight excluding hydrogens is 693 g/mol. The van der Waals surface area contributed by atoms with Gasteiger partial charge in [0.2, 0.25) is 10.0 Å². The monoisotopic (exact) mass is 723 g/mol. The third kappa shape index (κ3) is 8.08. The summed E-state index contributed by atoms with van der Waals surface area (Å²) in [7, 11) is -8.19. The number of aryl methyl sites for hydroxylation is 2. The Labute approximate surface area is 289 Å². The predicted octanol–water partition coefficient (Wildman–Crippen LogP) is 7.78. The lowest BCUT2D eigenvalue weighted by atomic mass is 10.0. The quantitative estimate of drug-likeness (QED) is 0.135. The van der Waals surface area contributed by atoms with Crippen molar-refractivity contribution in [1.29, 1.82) is 0 Å². The Kier molecular flexibility index (Phi) is 10.6. The first kappa shape index (κ1) is 35.1. The Morgan fingerprint density at radius 1 is 0.729 bits per heavy atom. The van der Waals surface area contributed by atoms with Gasteiger partial charge in [0.25, 0.3) is 0 Å². The minimum atomic E-state index is -4.36. The molecular formula is C36H31Cl2NO7S2. The van der Waals surface area contributed by atoms with E-state index in [-0.39, 0.29) is 45.8 Å². The molecule has 8 nitrogen and oxygen atoms in total. The van der Waals surface area contributed by atoms with Crippen LogP contribution in [0.15, 0.2) is 119 Å². The molecule has 12 heteroatoms. The maximum Gasteiger partial charge on any atom is 0.335 e. The number of phenols is 1. The molecule has 0 atom stereocenters. The lowest BCUT2D eigenvalue weighted by molar-refractivity contribution is 0.0695. The zero-order chi connectivity index (χ0) is 34.6. The molecule has 5 aromatic carbocycles. The second-order valence-corrected chi connectivity index (χ2v) is 16.1. The first-order valence-electron chi connectivity index (χ1n) is 14.7. The highest BCUT2D eigenvalue weighted by atomic mass is 35.5. The summed E-state index contributed by atoms with van der Waals surface area (Å²) < 4.78 is 55.6. The fourth-order valence-electron chi connectivity index (χ4n) is 5.22. The number of aromatic carboxylic acids is 1. The zero-order valence-electron chi connectivity index (χ0n) is 25.7. The summed E-state index contributed by atoms with van der Waals surface area (Å²) in [6.45, 7) is 1.42. The van der Waals surface area contributed by atoms with Crippen LogP contribution in [0, 0.1) is 6.92 Å². The number of nitrogens with zero attached hydrogens (tertiary/aromatic N) is 1. The van der Waals surface area contributed by atoms with Crippen molar-refractivity contribution in [3.8, 4) is 16.9 Å². The average molecular weight is 725 g/mol. The fraction of sp³-hybridized carbons (Fsp3) is 0.139. The standard InChI is InChI=1S/C36H31Cl2NO7S2/c1-24-10-15-31(21-32(24)36(41)42)47(43,44)17-16-25-6-5-7-27(18-25)23-39(48(45,46)34-20-30(37)19-33(38)35(34)40)22-26-11-13-29(14-12-26)28-8-3-2-4-9-28/h2-15,18-21,40H,16-17,22-23H2,1H3,(H,41,42). The van der Waals surface area contributed by atoms with Crippen molar-refractivity contribution in [2.24, 2.45) is 0 Å². The summed E-state index contributed by atoms with van der Waals surface area (Å²) in [5, 5.41) is 19.9. The minimum Gasteiger partial charge on any atom is -0.505 e. The van der Waals surface area contributed by atoms with Crippen molar-refractivity contribution in [3.63, 3.8) is 0 Å². The van der Waals surface area contributed by atoms with E-state index in [1.165, 1.54) is 22.5 Å². The first-order valence-corrected chi connectivity index (χ1v) is 18.6. The van der Waals surface area contributed by atoms with Crippen LogP contribution in [0.4, 0.5) is 0 Å². The SMILES string of the molecule is Cc1ccc(S(=O)(=O)CCc2cccc(CN(Cc3ccc(-c4ccccc4)cc3)S(=O)(=O)c3cc(Cl)cc(Cl)c3O)c2)cc1C(=O)O. The van der Waals surface area contributed by atoms with Crippen molar-refractivity contribution in [2.75, 3.05) is 5.75 Å². The van der Waals surface area contributed by atoms with Crippen molar-refractivity contribution < 1.29 is 31.8 Å². The molecule has 0 radical (unpaired) electrons. The number of carboxylic acid groups (broad SMARTS) is 1. The Bertz CT molecular complexity index is 2190. The lowest BCUT2D eigenvalue weighted by Gasteiger charge is -2.24. The minimum absolute atomic E-state index is 0.0378. The number of aromatic hydroxyl groups is 1. The third-order valence-electron chi connectivity index (χ3n) is 7.84. The maximum atomic E-state index is 14.1. The Hall–Kier alpha value is -4.19. The van der Waals surface area contributed by atoms with Crippen molar-refractivity contribution in [2.45, 2.75) is 36.2 Å². The van der Waals surface area contributed by atoms with E-state index in [0.29, 0.717) is 22.3 Å². The first-order chi connectivity index (χ1) is 22.7. The molecule has 0 aromatic heterocycles. The summed E-state index contributed by atoms with van der Waals surface area (Å²) in [6.07, 6.45) is 0.102. The highest BCUT2D eigenvalue weighted by molar-refractivity contribution is 7.91. The summed E-state index contributed by atoms with van der Waals surface area (Å²) in [5.74, 6) is -2.12. The van der Waals surface area contributed by atoms with Crippen molar-refractivity contribution in [3.05, 3.63) is 147 Å². The lowest BCUT2D eigenvalue weighted by Crippen LogP contribution is -2.30. The van der Waals surface area contributed by atoms with Gasteiger partial charge in [0.15, 0.2) is 15.6 Å². The number of carbonyl (C=O) groups is 1. The normalized spacial score (nSPS) is 11.9. The van der Waals surface area contributed by atoms with E-state index in [0.717, 1.165) is 23.3 Å². The second kappa shape index (κ2) is 14.5. The van der Waals surface area contributed by atoms with Crippen LogP contribution in [-0.4, -0.2) is 43.1 Å². The van der Waals surface area contributed by atoms with Crippen LogP contribution in [0.1, 0.15) is 32.6 Å². The van der Waals surface area contributed by atoms with E-state index in [1.807, 2.05) is 54.6 Å². The summed E-state index contributed by atoms with van der Waals surface area (Å²) >= 11 is 12.2. The van der Waals surface area contributed by atoms with Gasteiger partial charge in [-0.2, -0.15) is 4.31 Å². The van der Waals surface area contributed by atoms with Gasteiger partial charge in [-0.1, -0.05) is 108 Å². The van der Waals surface area contributed by atoms with Gasteiger partial charge >= 0.3 is 5.97 Å². The van der Waals surface area contributed by atoms with Crippen molar-refractivity contribution >= 4 is 49.0 Å². The molecule has 0 unspecified atom stereocenters. The molecule has 48 heavy (non-hydrogen) atoms. The maximum absolute atomic E-state index is 14.1. The highest BCUT2D eigenvalue weighted by Gasteiger charge is 2.30. The number of phenolic OH excluding ortho intramolecular Hbond substituents is 1. The van der Waals surface area contributed by atoms with Gasteiger partial charge in [-0.3, -0.25) is 0 Å². The molecule has 0 aliphatic heterocycles. The van der Waals surface area contributed by atoms with Gasteiger partial charge in [0.05, 0.1) is 21.2 Å². The summed E-state index contributed by atoms with van der Waals surface area (Å²) in [6, 6.07) is 30.5. The number of benzene rings is 5. The fourth-order valence-corrected chi connectivity index (χ4v) is 8.70. The highest BCUT2D eigenvalue weighted by Crippen LogP contribution is 2.37. The number of sulfone groups is 1. The zero-order valence-corrected chi connectivity index (χ0v) is 28.8. The van der Waals surface area contributed by atoms with Crippen LogP contribution < -0.4 is 0 Å². The molecule has 0 aliphatic rings. The Balaban J connectivity index is 1.43. The van der Waals surface area contributed by atoms with Crippen LogP contribution in [-0.2, 0) is 39.4 Å². The largest absolute Gasteiger partial charge is 0.505 e. The number of halogens is 2. The molecule has 0 fully saturated rings. The second-order valence-electron chi connectivity index (χ2n) is 11.2. The molecule has 0 saturated carbocycles. The van der Waals surface area contributed by atoms with Crippen LogP contribution >= 0.6 is 23.2 Å². The number of rotatable bonds is 12. The summed E-state index contributed by atoms with van der Waals surface area (Å²) in [4.78, 5) is 11.0. The van der Waals surface area contributed by atoms with Gasteiger partial charge in [-0.15, -0.1) is 0 Å². The molecule has 248 valence electrons. The third-order valence-corrected chi connectivity index (χ3v) is 11.9. The van der Waals surface area contributed by atoms with E-state index in [1.54, 1.807) is 31.2 Å². The molecule has 0 aliphatic carbocycles. The number of carboxylic acids is 1. The molecule has 0 spiro atoms. The smallest absolute Gasteiger partial charge is 0.335 e. The van der Waals surface area contributed by atoms with E-state index in [9.17, 15) is 31.8 Å². The molecule has 0 saturated heterocycles. The Morgan fingerprint density at radius 3 is 2.06 bits per heavy atom. The number of hydrogen-bond acceptors (Lipinski definition) is 6. The van der Waals surface area contributed by atoms with E-state index >= 15 is 0 Å². The van der Waals surface area contributed by atoms with Crippen molar-refractivity contribution in [1.82, 2.24) is 4.31 Å². The van der Waals surface area contributed by atoms with Crippen LogP contribution in [0.2, 0.25) is 10.0 Å². The average Bonchev–Trinajstić information content (AvgIpc) is 3.06. The molecule has 5 aromatic rings. The van der Waals surface area contributed by atoms with E-state index in [4.69, 9.17) is 23.2 Å². The van der Waals surface area contributed by atoms with Crippen LogP contribution in [0.5, 0.6) is 5.75 Å². The van der Waals surface area contributed by atoms with Gasteiger partial charge in [-0.25, -0.2) is 21.6 Å². The van der Waals surface area contributed by atoms with E-state index in [2.05, 4.69) is 0 Å². The summed E-state index contributed by atoms with van der Waals surface area (Å²) in [5.41, 5.74) is 4.24. The molecule has 0 heterocycles. The van der Waals surface area contributed by atoms with E-state index < -0.39 is 36.5 Å². The van der Waals surface area contributed by atoms with Crippen LogP contribution in [0.3, 0.4) is 0 Å². The number of hydrogen-bond donors (Lipinski definition) is 2. The number of sulfonamides is 1. The Morgan fingerprint density at radius 2 is 1.38 bits per heavy atom. The molecule has 2 N–H and O–H groups in total. The van der Waals surface area contributed by atoms with Gasteiger partial charge in [0, 0.05) is 18.1 Å². The molecule has 0 bridgehead atoms. The van der Waals surface area contributed by atoms with Crippen LogP contribution in [0.25, 0.3) is 11.1 Å². The van der Waals surface area contributed by atoms with Gasteiger partial charge in [-0.05, 0) is 71.0 Å². The van der Waals surface area contributed by atoms with Gasteiger partial charge < -0.3 is 10.2 Å². The van der Waals surface area contributed by atoms with Gasteiger partial charge in [0.1, 0.15) is 4.90 Å². The molecule has 0 amide bonds. The topological polar surface area (TPSA) is 129 Å².